The number of aromatic amines is 1. The summed E-state index contributed by atoms with van der Waals surface area (Å²) in [7, 11) is 1.29. The average molecular weight is 219 g/mol. The summed E-state index contributed by atoms with van der Waals surface area (Å²) in [5, 5.41) is 0.621. The van der Waals surface area contributed by atoms with Gasteiger partial charge in [-0.3, -0.25) is 0 Å². The number of halogens is 1. The molecule has 0 atom stereocenters. The van der Waals surface area contributed by atoms with Crippen LogP contribution >= 0.6 is 0 Å². The first-order valence-corrected chi connectivity index (χ1v) is 4.69. The minimum absolute atomic E-state index is 0.297. The lowest BCUT2D eigenvalue weighted by atomic mass is 10.1. The molecule has 4 heteroatoms. The Hall–Kier alpha value is -2.10. The number of rotatable bonds is 2. The number of aromatic nitrogens is 1. The Bertz CT molecular complexity index is 572. The summed E-state index contributed by atoms with van der Waals surface area (Å²) < 4.78 is 18.0. The molecule has 1 N–H and O–H groups in total. The second kappa shape index (κ2) is 3.81. The van der Waals surface area contributed by atoms with Crippen molar-refractivity contribution in [2.45, 2.75) is 0 Å². The standard InChI is InChI=1S/C12H10FNO2/c1-3-7-8-6-11(12(15)16-2)14-10(8)5-4-9(7)13/h3-6,14H,1H2,2H3. The van der Waals surface area contributed by atoms with Gasteiger partial charge in [0.05, 0.1) is 7.11 Å². The number of fused-ring (bicyclic) bond motifs is 1. The van der Waals surface area contributed by atoms with Gasteiger partial charge in [0.1, 0.15) is 11.5 Å². The second-order valence-electron chi connectivity index (χ2n) is 3.30. The van der Waals surface area contributed by atoms with E-state index in [9.17, 15) is 9.18 Å². The number of hydrogen-bond acceptors (Lipinski definition) is 2. The molecule has 0 amide bonds. The van der Waals surface area contributed by atoms with Gasteiger partial charge in [0.25, 0.3) is 0 Å². The third kappa shape index (κ3) is 1.48. The van der Waals surface area contributed by atoms with Gasteiger partial charge < -0.3 is 9.72 Å². The highest BCUT2D eigenvalue weighted by Crippen LogP contribution is 2.23. The highest BCUT2D eigenvalue weighted by Gasteiger charge is 2.12. The lowest BCUT2D eigenvalue weighted by molar-refractivity contribution is 0.0595. The number of nitrogens with one attached hydrogen (secondary N) is 1. The molecule has 0 fully saturated rings. The van der Waals surface area contributed by atoms with E-state index in [1.165, 1.54) is 19.3 Å². The van der Waals surface area contributed by atoms with Gasteiger partial charge in [-0.25, -0.2) is 9.18 Å². The van der Waals surface area contributed by atoms with E-state index in [0.29, 0.717) is 22.2 Å². The molecule has 2 rings (SSSR count). The highest BCUT2D eigenvalue weighted by molar-refractivity contribution is 5.97. The van der Waals surface area contributed by atoms with Crippen LogP contribution in [0, 0.1) is 5.82 Å². The highest BCUT2D eigenvalue weighted by atomic mass is 19.1. The molecule has 82 valence electrons. The first-order valence-electron chi connectivity index (χ1n) is 4.69. The number of carbonyl (C=O) groups excluding carboxylic acids is 1. The van der Waals surface area contributed by atoms with Crippen LogP contribution in [0.25, 0.3) is 17.0 Å². The third-order valence-electron chi connectivity index (χ3n) is 2.40. The topological polar surface area (TPSA) is 42.1 Å². The number of carbonyl (C=O) groups is 1. The number of methoxy groups -OCH3 is 1. The van der Waals surface area contributed by atoms with E-state index in [1.807, 2.05) is 0 Å². The van der Waals surface area contributed by atoms with Crippen molar-refractivity contribution in [3.8, 4) is 0 Å². The van der Waals surface area contributed by atoms with Crippen LogP contribution in [0.15, 0.2) is 24.8 Å². The van der Waals surface area contributed by atoms with Crippen LogP contribution in [0.2, 0.25) is 0 Å². The molecule has 1 aromatic carbocycles. The van der Waals surface area contributed by atoms with Gasteiger partial charge in [-0.15, -0.1) is 0 Å². The van der Waals surface area contributed by atoms with Crippen molar-refractivity contribution < 1.29 is 13.9 Å². The van der Waals surface area contributed by atoms with Gasteiger partial charge in [0.15, 0.2) is 0 Å². The summed E-state index contributed by atoms with van der Waals surface area (Å²) in [5.74, 6) is -0.843. The lowest BCUT2D eigenvalue weighted by Gasteiger charge is -1.97. The van der Waals surface area contributed by atoms with Crippen molar-refractivity contribution in [2.75, 3.05) is 7.11 Å². The third-order valence-corrected chi connectivity index (χ3v) is 2.40. The minimum atomic E-state index is -0.480. The SMILES string of the molecule is C=Cc1c(F)ccc2[nH]c(C(=O)OC)cc12. The molecule has 0 unspecified atom stereocenters. The number of hydrogen-bond donors (Lipinski definition) is 1. The van der Waals surface area contributed by atoms with E-state index >= 15 is 0 Å². The molecule has 0 aliphatic heterocycles. The molecular formula is C12H10FNO2. The number of H-pyrrole nitrogens is 1. The maximum atomic E-state index is 13.4. The largest absolute Gasteiger partial charge is 0.464 e. The van der Waals surface area contributed by atoms with E-state index in [-0.39, 0.29) is 5.82 Å². The van der Waals surface area contributed by atoms with Crippen LogP contribution in [-0.4, -0.2) is 18.1 Å². The molecule has 0 saturated heterocycles. The predicted octanol–water partition coefficient (Wildman–Crippen LogP) is 2.74. The van der Waals surface area contributed by atoms with Crippen LogP contribution in [0.5, 0.6) is 0 Å². The molecule has 0 bridgehead atoms. The fourth-order valence-electron chi connectivity index (χ4n) is 1.63. The van der Waals surface area contributed by atoms with Crippen LogP contribution in [0.1, 0.15) is 16.1 Å². The quantitative estimate of drug-likeness (QED) is 0.789. The van der Waals surface area contributed by atoms with Crippen molar-refractivity contribution in [3.63, 3.8) is 0 Å². The molecule has 0 radical (unpaired) electrons. The van der Waals surface area contributed by atoms with Crippen LogP contribution in [0.4, 0.5) is 4.39 Å². The van der Waals surface area contributed by atoms with Gasteiger partial charge in [-0.1, -0.05) is 12.7 Å². The lowest BCUT2D eigenvalue weighted by Crippen LogP contribution is -2.00. The zero-order chi connectivity index (χ0) is 11.7. The molecule has 1 heterocycles. The molecular weight excluding hydrogens is 209 g/mol. The van der Waals surface area contributed by atoms with Crippen LogP contribution in [0.3, 0.4) is 0 Å². The summed E-state index contributed by atoms with van der Waals surface area (Å²) in [6.07, 6.45) is 1.42. The van der Waals surface area contributed by atoms with Crippen molar-refractivity contribution in [3.05, 3.63) is 41.9 Å². The Morgan fingerprint density at radius 3 is 2.94 bits per heavy atom. The molecule has 3 nitrogen and oxygen atoms in total. The van der Waals surface area contributed by atoms with E-state index in [0.717, 1.165) is 0 Å². The van der Waals surface area contributed by atoms with Crippen molar-refractivity contribution in [2.24, 2.45) is 0 Å². The van der Waals surface area contributed by atoms with Crippen LogP contribution in [-0.2, 0) is 4.74 Å². The Morgan fingerprint density at radius 2 is 2.31 bits per heavy atom. The molecule has 0 aliphatic carbocycles. The molecule has 0 aliphatic rings. The Labute approximate surface area is 91.5 Å². The first kappa shape index (κ1) is 10.4. The Kier molecular flexibility index (Phi) is 2.48. The van der Waals surface area contributed by atoms with Gasteiger partial charge in [0, 0.05) is 16.5 Å². The summed E-state index contributed by atoms with van der Waals surface area (Å²) in [6, 6.07) is 4.46. The normalized spacial score (nSPS) is 10.4. The Balaban J connectivity index is 2.70. The fourth-order valence-corrected chi connectivity index (χ4v) is 1.63. The molecule has 1 aromatic heterocycles. The maximum Gasteiger partial charge on any atom is 0.354 e. The summed E-state index contributed by atoms with van der Waals surface area (Å²) in [4.78, 5) is 14.2. The summed E-state index contributed by atoms with van der Waals surface area (Å²) >= 11 is 0. The minimum Gasteiger partial charge on any atom is -0.464 e. The summed E-state index contributed by atoms with van der Waals surface area (Å²) in [6.45, 7) is 3.55. The molecule has 0 saturated carbocycles. The van der Waals surface area contributed by atoms with Crippen molar-refractivity contribution in [1.82, 2.24) is 4.98 Å². The van der Waals surface area contributed by atoms with E-state index in [2.05, 4.69) is 16.3 Å². The molecule has 16 heavy (non-hydrogen) atoms. The smallest absolute Gasteiger partial charge is 0.354 e. The predicted molar refractivity (Wildman–Crippen MR) is 59.7 cm³/mol. The van der Waals surface area contributed by atoms with E-state index in [4.69, 9.17) is 0 Å². The monoisotopic (exact) mass is 219 g/mol. The van der Waals surface area contributed by atoms with Gasteiger partial charge in [-0.2, -0.15) is 0 Å². The van der Waals surface area contributed by atoms with Crippen LogP contribution < -0.4 is 0 Å². The number of ether oxygens (including phenoxy) is 1. The fraction of sp³-hybridized carbons (Fsp3) is 0.0833. The zero-order valence-electron chi connectivity index (χ0n) is 8.71. The van der Waals surface area contributed by atoms with Gasteiger partial charge in [0.2, 0.25) is 0 Å². The van der Waals surface area contributed by atoms with Gasteiger partial charge >= 0.3 is 5.97 Å². The first-order chi connectivity index (χ1) is 7.67. The second-order valence-corrected chi connectivity index (χ2v) is 3.30. The number of benzene rings is 1. The molecule has 2 aromatic rings. The van der Waals surface area contributed by atoms with Crippen molar-refractivity contribution >= 4 is 22.9 Å². The van der Waals surface area contributed by atoms with Gasteiger partial charge in [-0.05, 0) is 18.2 Å². The zero-order valence-corrected chi connectivity index (χ0v) is 8.71. The van der Waals surface area contributed by atoms with E-state index in [1.54, 1.807) is 12.1 Å². The molecule has 0 spiro atoms. The Morgan fingerprint density at radius 1 is 1.56 bits per heavy atom. The maximum absolute atomic E-state index is 13.4. The van der Waals surface area contributed by atoms with E-state index < -0.39 is 5.97 Å². The van der Waals surface area contributed by atoms with Crippen molar-refractivity contribution in [1.29, 1.82) is 0 Å². The number of esters is 1. The summed E-state index contributed by atoms with van der Waals surface area (Å²) in [5.41, 5.74) is 1.35. The average Bonchev–Trinajstić information content (AvgIpc) is 2.71.